The van der Waals surface area contributed by atoms with Crippen LogP contribution < -0.4 is 0 Å². The van der Waals surface area contributed by atoms with Gasteiger partial charge < -0.3 is 9.84 Å². The zero-order valence-electron chi connectivity index (χ0n) is 20.6. The van der Waals surface area contributed by atoms with Crippen molar-refractivity contribution in [3.8, 4) is 11.1 Å². The second kappa shape index (κ2) is 14.3. The van der Waals surface area contributed by atoms with Gasteiger partial charge in [-0.1, -0.05) is 75.1 Å². The van der Waals surface area contributed by atoms with Crippen molar-refractivity contribution in [1.82, 2.24) is 0 Å². The van der Waals surface area contributed by atoms with Gasteiger partial charge in [0.25, 0.3) is 0 Å². The van der Waals surface area contributed by atoms with Crippen LogP contribution in [0.2, 0.25) is 0 Å². The molecule has 3 rings (SSSR count). The van der Waals surface area contributed by atoms with Crippen molar-refractivity contribution in [3.63, 3.8) is 0 Å². The molecule has 2 nitrogen and oxygen atoms in total. The zero-order valence-corrected chi connectivity index (χ0v) is 20.6. The maximum Gasteiger partial charge on any atom is 0.304 e. The third-order valence-electron chi connectivity index (χ3n) is 7.25. The van der Waals surface area contributed by atoms with Gasteiger partial charge in [-0.2, -0.15) is 8.78 Å². The van der Waals surface area contributed by atoms with E-state index >= 15 is 0 Å². The van der Waals surface area contributed by atoms with Gasteiger partial charge in [-0.25, -0.2) is 0 Å². The number of unbranched alkanes of at least 4 members (excludes halogenated alkanes) is 2. The Hall–Kier alpha value is -2.20. The molecule has 0 aromatic heterocycles. The van der Waals surface area contributed by atoms with Crippen LogP contribution in [0.25, 0.3) is 11.1 Å². The van der Waals surface area contributed by atoms with Crippen LogP contribution in [0, 0.1) is 5.92 Å². The summed E-state index contributed by atoms with van der Waals surface area (Å²) in [5.74, 6) is 1.60. The van der Waals surface area contributed by atoms with Crippen LogP contribution in [0.4, 0.5) is 8.78 Å². The predicted octanol–water partition coefficient (Wildman–Crippen LogP) is 8.43. The van der Waals surface area contributed by atoms with E-state index in [-0.39, 0.29) is 13.2 Å². The molecule has 0 aliphatic heterocycles. The molecule has 4 heteroatoms. The standard InChI is InChI=1S/C30H40F2O2/c1-2-3-4-6-23-8-10-25(11-9-23)26-12-14-27(15-13-26)28-17-16-24(7-5-19-33)29(21-28)18-20-34-22-30(31)32/h12-17,21-23,25,33H,2-11,18-20H2,1H3. The zero-order chi connectivity index (χ0) is 24.2. The second-order valence-corrected chi connectivity index (χ2v) is 9.67. The smallest absolute Gasteiger partial charge is 0.304 e. The van der Waals surface area contributed by atoms with E-state index in [1.165, 1.54) is 62.5 Å². The van der Waals surface area contributed by atoms with Crippen molar-refractivity contribution in [2.24, 2.45) is 5.92 Å². The summed E-state index contributed by atoms with van der Waals surface area (Å²) in [7, 11) is 0. The minimum Gasteiger partial charge on any atom is -0.495 e. The summed E-state index contributed by atoms with van der Waals surface area (Å²) in [6.07, 6.45) is 11.5. The van der Waals surface area contributed by atoms with E-state index in [1.54, 1.807) is 0 Å². The average molecular weight is 471 g/mol. The van der Waals surface area contributed by atoms with E-state index in [4.69, 9.17) is 4.74 Å². The summed E-state index contributed by atoms with van der Waals surface area (Å²) in [4.78, 5) is 0. The monoisotopic (exact) mass is 470 g/mol. The molecule has 1 saturated carbocycles. The number of aliphatic hydroxyl groups excluding tert-OH is 1. The highest BCUT2D eigenvalue weighted by molar-refractivity contribution is 5.65. The minimum absolute atomic E-state index is 0.135. The van der Waals surface area contributed by atoms with Crippen LogP contribution in [0.1, 0.15) is 87.3 Å². The largest absolute Gasteiger partial charge is 0.495 e. The lowest BCUT2D eigenvalue weighted by atomic mass is 9.77. The van der Waals surface area contributed by atoms with Gasteiger partial charge in [-0.05, 0) is 78.2 Å². The maximum absolute atomic E-state index is 12.2. The number of halogens is 2. The van der Waals surface area contributed by atoms with Crippen molar-refractivity contribution in [2.75, 3.05) is 13.2 Å². The minimum atomic E-state index is -1.82. The van der Waals surface area contributed by atoms with Crippen LogP contribution in [-0.2, 0) is 17.6 Å². The van der Waals surface area contributed by atoms with Gasteiger partial charge in [0, 0.05) is 13.0 Å². The number of hydrogen-bond acceptors (Lipinski definition) is 2. The molecule has 1 aliphatic carbocycles. The molecule has 0 atom stereocenters. The highest BCUT2D eigenvalue weighted by atomic mass is 19.3. The molecule has 0 radical (unpaired) electrons. The van der Waals surface area contributed by atoms with Crippen LogP contribution in [0.3, 0.4) is 0 Å². The topological polar surface area (TPSA) is 29.5 Å². The Labute approximate surface area is 204 Å². The molecule has 2 aromatic carbocycles. The fourth-order valence-electron chi connectivity index (χ4n) is 5.26. The summed E-state index contributed by atoms with van der Waals surface area (Å²) >= 11 is 0. The highest BCUT2D eigenvalue weighted by Gasteiger charge is 2.22. The Morgan fingerprint density at radius 2 is 1.65 bits per heavy atom. The molecule has 34 heavy (non-hydrogen) atoms. The lowest BCUT2D eigenvalue weighted by Crippen LogP contribution is -2.13. The number of benzene rings is 2. The van der Waals surface area contributed by atoms with Crippen molar-refractivity contribution in [2.45, 2.75) is 83.5 Å². The molecule has 0 bridgehead atoms. The number of hydrogen-bond donors (Lipinski definition) is 1. The van der Waals surface area contributed by atoms with Crippen LogP contribution in [0.5, 0.6) is 0 Å². The van der Waals surface area contributed by atoms with Crippen LogP contribution in [-0.4, -0.2) is 18.3 Å². The first-order chi connectivity index (χ1) is 16.6. The second-order valence-electron chi connectivity index (χ2n) is 9.67. The molecule has 2 aromatic rings. The SMILES string of the molecule is CCCCCC1CCC(c2ccc(-c3ccc(CCCO)c(CCOC=C(F)F)c3)cc2)CC1. The molecule has 1 aliphatic rings. The summed E-state index contributed by atoms with van der Waals surface area (Å²) in [6, 6.07) is 15.4. The Bertz CT molecular complexity index is 879. The van der Waals surface area contributed by atoms with Crippen molar-refractivity contribution in [3.05, 3.63) is 71.5 Å². The van der Waals surface area contributed by atoms with Gasteiger partial charge in [0.15, 0.2) is 0 Å². The van der Waals surface area contributed by atoms with Gasteiger partial charge in [-0.3, -0.25) is 0 Å². The lowest BCUT2D eigenvalue weighted by Gasteiger charge is -2.29. The molecule has 1 fully saturated rings. The number of ether oxygens (including phenoxy) is 1. The van der Waals surface area contributed by atoms with Gasteiger partial charge in [0.2, 0.25) is 0 Å². The Morgan fingerprint density at radius 3 is 2.32 bits per heavy atom. The van der Waals surface area contributed by atoms with Crippen LogP contribution >= 0.6 is 0 Å². The third kappa shape index (κ3) is 8.23. The maximum atomic E-state index is 12.2. The highest BCUT2D eigenvalue weighted by Crippen LogP contribution is 2.38. The molecule has 0 amide bonds. The Morgan fingerprint density at radius 1 is 0.912 bits per heavy atom. The van der Waals surface area contributed by atoms with E-state index < -0.39 is 6.08 Å². The lowest BCUT2D eigenvalue weighted by molar-refractivity contribution is 0.227. The normalized spacial score (nSPS) is 18.0. The fraction of sp³-hybridized carbons (Fsp3) is 0.533. The van der Waals surface area contributed by atoms with E-state index in [0.29, 0.717) is 25.0 Å². The molecular weight excluding hydrogens is 430 g/mol. The summed E-state index contributed by atoms with van der Waals surface area (Å²) in [5, 5.41) is 9.21. The van der Waals surface area contributed by atoms with Gasteiger partial charge in [0.1, 0.15) is 6.26 Å². The Kier molecular flexibility index (Phi) is 11.1. The first-order valence-electron chi connectivity index (χ1n) is 13.1. The predicted molar refractivity (Wildman–Crippen MR) is 136 cm³/mol. The summed E-state index contributed by atoms with van der Waals surface area (Å²) in [6.45, 7) is 2.61. The molecule has 1 N–H and O–H groups in total. The van der Waals surface area contributed by atoms with Crippen molar-refractivity contribution >= 4 is 0 Å². The first-order valence-corrected chi connectivity index (χ1v) is 13.1. The third-order valence-corrected chi connectivity index (χ3v) is 7.25. The van der Waals surface area contributed by atoms with E-state index in [2.05, 4.69) is 49.4 Å². The molecule has 0 unspecified atom stereocenters. The van der Waals surface area contributed by atoms with Gasteiger partial charge in [0.05, 0.1) is 6.61 Å². The number of aryl methyl sites for hydroxylation is 1. The molecule has 0 heterocycles. The molecule has 186 valence electrons. The average Bonchev–Trinajstić information content (AvgIpc) is 2.86. The first kappa shape index (κ1) is 26.4. The van der Waals surface area contributed by atoms with Crippen molar-refractivity contribution in [1.29, 1.82) is 0 Å². The van der Waals surface area contributed by atoms with E-state index in [9.17, 15) is 13.9 Å². The fourth-order valence-corrected chi connectivity index (χ4v) is 5.26. The number of rotatable bonds is 13. The molecular formula is C30H40F2O2. The molecule has 0 spiro atoms. The van der Waals surface area contributed by atoms with E-state index in [0.717, 1.165) is 29.0 Å². The van der Waals surface area contributed by atoms with Gasteiger partial charge in [-0.15, -0.1) is 0 Å². The number of aliphatic hydroxyl groups is 1. The van der Waals surface area contributed by atoms with Crippen LogP contribution in [0.15, 0.2) is 54.8 Å². The Balaban J connectivity index is 1.63. The van der Waals surface area contributed by atoms with Gasteiger partial charge >= 0.3 is 6.08 Å². The van der Waals surface area contributed by atoms with Crippen molar-refractivity contribution < 1.29 is 18.6 Å². The van der Waals surface area contributed by atoms with E-state index in [1.807, 2.05) is 0 Å². The quantitative estimate of drug-likeness (QED) is 0.235. The summed E-state index contributed by atoms with van der Waals surface area (Å²) in [5.41, 5.74) is 5.97. The molecule has 0 saturated heterocycles. The summed E-state index contributed by atoms with van der Waals surface area (Å²) < 4.78 is 29.5.